The Morgan fingerprint density at radius 3 is 1.70 bits per heavy atom. The summed E-state index contributed by atoms with van der Waals surface area (Å²) in [6.07, 6.45) is 0. The zero-order valence-electron chi connectivity index (χ0n) is 23.3. The molecule has 0 N–H and O–H groups in total. The molecule has 44 heavy (non-hydrogen) atoms. The molecule has 0 amide bonds. The molecule has 0 spiro atoms. The third-order valence-electron chi connectivity index (χ3n) is 7.94. The van der Waals surface area contributed by atoms with E-state index in [4.69, 9.17) is 28.8 Å². The van der Waals surface area contributed by atoms with Gasteiger partial charge in [0.05, 0.1) is 0 Å². The fourth-order valence-corrected chi connectivity index (χ4v) is 5.72. The number of oxazole rings is 1. The molecule has 0 saturated heterocycles. The third-order valence-corrected chi connectivity index (χ3v) is 7.94. The molecule has 9 aromatic rings. The van der Waals surface area contributed by atoms with Crippen molar-refractivity contribution in [1.82, 2.24) is 19.9 Å². The lowest BCUT2D eigenvalue weighted by Crippen LogP contribution is -2.00. The van der Waals surface area contributed by atoms with E-state index in [1.807, 2.05) is 103 Å². The Morgan fingerprint density at radius 1 is 0.364 bits per heavy atom. The van der Waals surface area contributed by atoms with Gasteiger partial charge in [-0.15, -0.1) is 0 Å². The molecule has 6 nitrogen and oxygen atoms in total. The number of furan rings is 1. The van der Waals surface area contributed by atoms with Gasteiger partial charge in [0.25, 0.3) is 0 Å². The van der Waals surface area contributed by atoms with Crippen molar-refractivity contribution in [1.29, 1.82) is 0 Å². The van der Waals surface area contributed by atoms with Crippen LogP contribution in [0.3, 0.4) is 0 Å². The van der Waals surface area contributed by atoms with E-state index < -0.39 is 0 Å². The van der Waals surface area contributed by atoms with Gasteiger partial charge in [0, 0.05) is 39.1 Å². The molecule has 0 unspecified atom stereocenters. The van der Waals surface area contributed by atoms with E-state index >= 15 is 0 Å². The zero-order chi connectivity index (χ0) is 29.0. The highest BCUT2D eigenvalue weighted by Gasteiger charge is 2.17. The summed E-state index contributed by atoms with van der Waals surface area (Å²) in [5.74, 6) is 2.40. The summed E-state index contributed by atoms with van der Waals surface area (Å²) >= 11 is 0. The van der Waals surface area contributed by atoms with Crippen LogP contribution in [0.5, 0.6) is 0 Å². The molecule has 6 aromatic carbocycles. The lowest BCUT2D eigenvalue weighted by atomic mass is 10.1. The SMILES string of the molecule is c1ccc(-c2nc(-c3ccccc3)nc(-c3ccc4c(c3)oc3cc5oc(-c6ccc7ccccc7c6)nc5cc34)n2)cc1. The summed E-state index contributed by atoms with van der Waals surface area (Å²) in [6.45, 7) is 0. The molecule has 3 aromatic heterocycles. The lowest BCUT2D eigenvalue weighted by Gasteiger charge is -2.08. The molecule has 0 radical (unpaired) electrons. The van der Waals surface area contributed by atoms with Crippen LogP contribution in [0.4, 0.5) is 0 Å². The van der Waals surface area contributed by atoms with Crippen LogP contribution in [0.15, 0.2) is 142 Å². The van der Waals surface area contributed by atoms with Gasteiger partial charge in [0.1, 0.15) is 16.7 Å². The first kappa shape index (κ1) is 24.5. The maximum Gasteiger partial charge on any atom is 0.227 e. The van der Waals surface area contributed by atoms with Crippen LogP contribution in [0.25, 0.3) is 89.4 Å². The minimum Gasteiger partial charge on any atom is -0.456 e. The predicted molar refractivity (Wildman–Crippen MR) is 174 cm³/mol. The Labute approximate surface area is 251 Å². The minimum absolute atomic E-state index is 0.579. The summed E-state index contributed by atoms with van der Waals surface area (Å²) in [4.78, 5) is 19.4. The van der Waals surface area contributed by atoms with Crippen LogP contribution in [-0.4, -0.2) is 19.9 Å². The van der Waals surface area contributed by atoms with Crippen LogP contribution in [0.1, 0.15) is 0 Å². The monoisotopic (exact) mass is 566 g/mol. The Hall–Kier alpha value is -6.14. The van der Waals surface area contributed by atoms with Crippen LogP contribution in [0, 0.1) is 0 Å². The van der Waals surface area contributed by atoms with E-state index in [1.54, 1.807) is 0 Å². The Morgan fingerprint density at radius 2 is 0.977 bits per heavy atom. The van der Waals surface area contributed by atoms with Crippen LogP contribution < -0.4 is 0 Å². The third kappa shape index (κ3) is 4.12. The van der Waals surface area contributed by atoms with Crippen molar-refractivity contribution >= 4 is 43.8 Å². The van der Waals surface area contributed by atoms with Gasteiger partial charge in [-0.1, -0.05) is 97.1 Å². The van der Waals surface area contributed by atoms with Crippen LogP contribution in [-0.2, 0) is 0 Å². The van der Waals surface area contributed by atoms with E-state index in [9.17, 15) is 0 Å². The van der Waals surface area contributed by atoms with Gasteiger partial charge in [0.15, 0.2) is 23.1 Å². The molecule has 0 fully saturated rings. The Kier molecular flexibility index (Phi) is 5.40. The molecular formula is C38H22N4O2. The standard InChI is InChI=1S/C38H22N4O2/c1-3-10-24(11-4-1)35-40-36(25-12-5-2-6-13-25)42-37(41-35)27-17-18-29-30-21-31-34(22-33(30)43-32(29)20-27)44-38(39-31)28-16-15-23-9-7-8-14-26(23)19-28/h1-22H. The van der Waals surface area contributed by atoms with E-state index in [0.29, 0.717) is 28.9 Å². The molecule has 0 aliphatic rings. The first-order valence-electron chi connectivity index (χ1n) is 14.4. The smallest absolute Gasteiger partial charge is 0.227 e. The molecule has 0 aliphatic carbocycles. The van der Waals surface area contributed by atoms with Crippen molar-refractivity contribution in [2.75, 3.05) is 0 Å². The van der Waals surface area contributed by atoms with E-state index in [1.165, 1.54) is 5.39 Å². The van der Waals surface area contributed by atoms with E-state index in [0.717, 1.165) is 55.1 Å². The number of fused-ring (bicyclic) bond motifs is 5. The second-order valence-electron chi connectivity index (χ2n) is 10.7. The van der Waals surface area contributed by atoms with Crippen molar-refractivity contribution in [3.63, 3.8) is 0 Å². The number of hydrogen-bond acceptors (Lipinski definition) is 6. The van der Waals surface area contributed by atoms with Crippen molar-refractivity contribution in [2.24, 2.45) is 0 Å². The van der Waals surface area contributed by atoms with Gasteiger partial charge in [-0.3, -0.25) is 0 Å². The fourth-order valence-electron chi connectivity index (χ4n) is 5.72. The van der Waals surface area contributed by atoms with Gasteiger partial charge in [-0.25, -0.2) is 19.9 Å². The lowest BCUT2D eigenvalue weighted by molar-refractivity contribution is 0.617. The molecule has 0 bridgehead atoms. The largest absolute Gasteiger partial charge is 0.456 e. The van der Waals surface area contributed by atoms with Crippen molar-refractivity contribution in [3.8, 4) is 45.6 Å². The molecular weight excluding hydrogens is 544 g/mol. The number of hydrogen-bond donors (Lipinski definition) is 0. The molecule has 0 aliphatic heterocycles. The molecule has 206 valence electrons. The average Bonchev–Trinajstić information content (AvgIpc) is 3.67. The molecule has 9 rings (SSSR count). The number of aromatic nitrogens is 4. The topological polar surface area (TPSA) is 77.8 Å². The number of rotatable bonds is 4. The van der Waals surface area contributed by atoms with E-state index in [2.05, 4.69) is 30.3 Å². The molecule has 3 heterocycles. The second-order valence-corrected chi connectivity index (χ2v) is 10.7. The summed E-state index contributed by atoms with van der Waals surface area (Å²) in [7, 11) is 0. The maximum atomic E-state index is 6.37. The van der Waals surface area contributed by atoms with Gasteiger partial charge < -0.3 is 8.83 Å². The number of nitrogens with zero attached hydrogens (tertiary/aromatic N) is 4. The van der Waals surface area contributed by atoms with Gasteiger partial charge >= 0.3 is 0 Å². The normalized spacial score (nSPS) is 11.6. The van der Waals surface area contributed by atoms with Gasteiger partial charge in [-0.2, -0.15) is 0 Å². The van der Waals surface area contributed by atoms with Crippen LogP contribution in [0.2, 0.25) is 0 Å². The fraction of sp³-hybridized carbons (Fsp3) is 0. The highest BCUT2D eigenvalue weighted by atomic mass is 16.4. The minimum atomic E-state index is 0.579. The maximum absolute atomic E-state index is 6.37. The Balaban J connectivity index is 1.14. The first-order valence-corrected chi connectivity index (χ1v) is 14.4. The van der Waals surface area contributed by atoms with E-state index in [-0.39, 0.29) is 0 Å². The summed E-state index contributed by atoms with van der Waals surface area (Å²) in [6, 6.07) is 44.5. The summed E-state index contributed by atoms with van der Waals surface area (Å²) < 4.78 is 12.6. The van der Waals surface area contributed by atoms with Gasteiger partial charge in [-0.05, 0) is 41.1 Å². The predicted octanol–water partition coefficient (Wildman–Crippen LogP) is 9.73. The number of benzene rings is 6. The van der Waals surface area contributed by atoms with Crippen LogP contribution >= 0.6 is 0 Å². The first-order chi connectivity index (χ1) is 21.7. The second kappa shape index (κ2) is 9.71. The molecule has 0 atom stereocenters. The summed E-state index contributed by atoms with van der Waals surface area (Å²) in [5, 5.41) is 4.29. The average molecular weight is 567 g/mol. The zero-order valence-corrected chi connectivity index (χ0v) is 23.3. The highest BCUT2D eigenvalue weighted by Crippen LogP contribution is 2.36. The Bertz CT molecular complexity index is 2440. The van der Waals surface area contributed by atoms with Crippen molar-refractivity contribution in [2.45, 2.75) is 0 Å². The van der Waals surface area contributed by atoms with Gasteiger partial charge in [0.2, 0.25) is 5.89 Å². The molecule has 0 saturated carbocycles. The quantitative estimate of drug-likeness (QED) is 0.211. The molecule has 6 heteroatoms. The van der Waals surface area contributed by atoms with Crippen molar-refractivity contribution in [3.05, 3.63) is 133 Å². The van der Waals surface area contributed by atoms with Crippen molar-refractivity contribution < 1.29 is 8.83 Å². The summed E-state index contributed by atoms with van der Waals surface area (Å²) in [5.41, 5.74) is 6.57. The highest BCUT2D eigenvalue weighted by molar-refractivity contribution is 6.09.